The zero-order valence-electron chi connectivity index (χ0n) is 19.1. The van der Waals surface area contributed by atoms with Gasteiger partial charge in [-0.05, 0) is 63.4 Å². The Morgan fingerprint density at radius 2 is 1.97 bits per heavy atom. The second-order valence-corrected chi connectivity index (χ2v) is 10.8. The predicted molar refractivity (Wildman–Crippen MR) is 137 cm³/mol. The highest BCUT2D eigenvalue weighted by Crippen LogP contribution is 2.49. The molecule has 0 fully saturated rings. The lowest BCUT2D eigenvalue weighted by Gasteiger charge is -2.37. The molecule has 1 aliphatic heterocycles. The normalized spacial score (nSPS) is 19.3. The van der Waals surface area contributed by atoms with Gasteiger partial charge in [0.05, 0.1) is 16.6 Å². The third kappa shape index (κ3) is 4.75. The molecule has 4 rings (SSSR count). The van der Waals surface area contributed by atoms with Gasteiger partial charge in [-0.15, -0.1) is 0 Å². The SMILES string of the molecule is COc1cc(C2C(C#N)=C(N)OC3=C2C(=O)CC(C)(C)C3)cc(I)c1OCc1ccc(Cl)cc1. The second kappa shape index (κ2) is 9.51. The van der Waals surface area contributed by atoms with E-state index in [4.69, 9.17) is 31.5 Å². The summed E-state index contributed by atoms with van der Waals surface area (Å²) in [4.78, 5) is 13.2. The smallest absolute Gasteiger partial charge is 0.205 e. The number of benzene rings is 2. The van der Waals surface area contributed by atoms with Crippen molar-refractivity contribution in [3.8, 4) is 17.6 Å². The van der Waals surface area contributed by atoms with Crippen molar-refractivity contribution in [3.63, 3.8) is 0 Å². The summed E-state index contributed by atoms with van der Waals surface area (Å²) in [6.07, 6.45) is 0.946. The number of nitrogens with zero attached hydrogens (tertiary/aromatic N) is 1. The van der Waals surface area contributed by atoms with Gasteiger partial charge >= 0.3 is 0 Å². The second-order valence-electron chi connectivity index (χ2n) is 9.15. The van der Waals surface area contributed by atoms with Crippen molar-refractivity contribution < 1.29 is 19.0 Å². The maximum absolute atomic E-state index is 13.2. The molecule has 2 N–H and O–H groups in total. The molecule has 34 heavy (non-hydrogen) atoms. The molecule has 2 aliphatic rings. The van der Waals surface area contributed by atoms with Crippen LogP contribution >= 0.6 is 34.2 Å². The van der Waals surface area contributed by atoms with Crippen LogP contribution in [0.5, 0.6) is 11.5 Å². The molecule has 1 unspecified atom stereocenters. The lowest BCUT2D eigenvalue weighted by molar-refractivity contribution is -0.119. The largest absolute Gasteiger partial charge is 0.493 e. The Labute approximate surface area is 217 Å². The van der Waals surface area contributed by atoms with Gasteiger partial charge < -0.3 is 19.9 Å². The van der Waals surface area contributed by atoms with Crippen molar-refractivity contribution in [1.82, 2.24) is 0 Å². The van der Waals surface area contributed by atoms with E-state index >= 15 is 0 Å². The van der Waals surface area contributed by atoms with Crippen LogP contribution in [0.25, 0.3) is 0 Å². The molecule has 2 aromatic carbocycles. The summed E-state index contributed by atoms with van der Waals surface area (Å²) in [5.74, 6) is 1.01. The van der Waals surface area contributed by atoms with Gasteiger partial charge in [0.25, 0.3) is 0 Å². The van der Waals surface area contributed by atoms with Crippen molar-refractivity contribution in [1.29, 1.82) is 5.26 Å². The van der Waals surface area contributed by atoms with Gasteiger partial charge in [0.1, 0.15) is 24.0 Å². The van der Waals surface area contributed by atoms with Crippen LogP contribution in [0.4, 0.5) is 0 Å². The first-order valence-electron chi connectivity index (χ1n) is 10.7. The zero-order chi connectivity index (χ0) is 24.6. The van der Waals surface area contributed by atoms with Crippen LogP contribution in [0.3, 0.4) is 0 Å². The molecule has 0 amide bonds. The Balaban J connectivity index is 1.75. The number of hydrogen-bond donors (Lipinski definition) is 1. The van der Waals surface area contributed by atoms with Crippen molar-refractivity contribution in [2.24, 2.45) is 11.1 Å². The van der Waals surface area contributed by atoms with Crippen molar-refractivity contribution in [2.45, 2.75) is 39.2 Å². The summed E-state index contributed by atoms with van der Waals surface area (Å²) < 4.78 is 18.3. The lowest BCUT2D eigenvalue weighted by atomic mass is 9.70. The number of carbonyl (C=O) groups is 1. The number of rotatable bonds is 5. The quantitative estimate of drug-likeness (QED) is 0.431. The van der Waals surface area contributed by atoms with E-state index in [-0.39, 0.29) is 22.7 Å². The number of nitriles is 1. The molecule has 0 aromatic heterocycles. The molecule has 6 nitrogen and oxygen atoms in total. The molecule has 176 valence electrons. The number of ketones is 1. The zero-order valence-corrected chi connectivity index (χ0v) is 22.0. The third-order valence-electron chi connectivity index (χ3n) is 5.96. The number of methoxy groups -OCH3 is 1. The molecular formula is C26H24ClIN2O4. The number of allylic oxidation sites excluding steroid dienone is 3. The number of carbonyl (C=O) groups excluding carboxylic acids is 1. The van der Waals surface area contributed by atoms with Gasteiger partial charge in [-0.1, -0.05) is 37.6 Å². The summed E-state index contributed by atoms with van der Waals surface area (Å²) in [6.45, 7) is 4.37. The summed E-state index contributed by atoms with van der Waals surface area (Å²) >= 11 is 8.14. The van der Waals surface area contributed by atoms with Crippen LogP contribution in [0.15, 0.2) is 59.2 Å². The average Bonchev–Trinajstić information content (AvgIpc) is 2.77. The monoisotopic (exact) mass is 590 g/mol. The molecule has 1 heterocycles. The van der Waals surface area contributed by atoms with E-state index in [1.54, 1.807) is 13.2 Å². The number of Topliss-reactive ketones (excluding diaryl/α,β-unsaturated/α-hetero) is 1. The fourth-order valence-electron chi connectivity index (χ4n) is 4.40. The van der Waals surface area contributed by atoms with Crippen LogP contribution in [0, 0.1) is 20.3 Å². The maximum atomic E-state index is 13.2. The van der Waals surface area contributed by atoms with E-state index in [2.05, 4.69) is 28.7 Å². The summed E-state index contributed by atoms with van der Waals surface area (Å²) in [7, 11) is 1.56. The third-order valence-corrected chi connectivity index (χ3v) is 7.01. The summed E-state index contributed by atoms with van der Waals surface area (Å²) in [6, 6.07) is 13.3. The van der Waals surface area contributed by atoms with Crippen LogP contribution in [0.2, 0.25) is 5.02 Å². The molecule has 8 heteroatoms. The van der Waals surface area contributed by atoms with E-state index in [1.165, 1.54) is 0 Å². The Hall–Kier alpha value is -2.70. The van der Waals surface area contributed by atoms with Gasteiger partial charge in [-0.25, -0.2) is 0 Å². The molecule has 0 saturated carbocycles. The molecule has 2 aromatic rings. The number of halogens is 2. The minimum atomic E-state index is -0.620. The van der Waals surface area contributed by atoms with Crippen LogP contribution in [-0.2, 0) is 16.1 Å². The van der Waals surface area contributed by atoms with E-state index in [9.17, 15) is 10.1 Å². The van der Waals surface area contributed by atoms with Crippen LogP contribution < -0.4 is 15.2 Å². The molecule has 1 aliphatic carbocycles. The van der Waals surface area contributed by atoms with Crippen LogP contribution in [-0.4, -0.2) is 12.9 Å². The maximum Gasteiger partial charge on any atom is 0.205 e. The van der Waals surface area contributed by atoms with E-state index < -0.39 is 5.92 Å². The van der Waals surface area contributed by atoms with E-state index in [1.807, 2.05) is 44.2 Å². The van der Waals surface area contributed by atoms with Gasteiger partial charge in [0, 0.05) is 23.4 Å². The Morgan fingerprint density at radius 1 is 1.26 bits per heavy atom. The van der Waals surface area contributed by atoms with Crippen molar-refractivity contribution >= 4 is 40.0 Å². The minimum absolute atomic E-state index is 0.0338. The Kier molecular flexibility index (Phi) is 6.83. The van der Waals surface area contributed by atoms with E-state index in [0.717, 1.165) is 14.7 Å². The highest BCUT2D eigenvalue weighted by molar-refractivity contribution is 14.1. The standard InChI is InChI=1S/C26H24ClIN2O4/c1-26(2)10-19(31)23-21(11-26)34-25(30)17(12-29)22(23)15-8-18(28)24(20(9-15)32-3)33-13-14-4-6-16(27)7-5-14/h4-9,22H,10-11,13,30H2,1-3H3. The van der Waals surface area contributed by atoms with Gasteiger partial charge in [-0.3, -0.25) is 4.79 Å². The highest BCUT2D eigenvalue weighted by atomic mass is 127. The number of ether oxygens (including phenoxy) is 3. The molecular weight excluding hydrogens is 567 g/mol. The fraction of sp³-hybridized carbons (Fsp3) is 0.308. The van der Waals surface area contributed by atoms with E-state index in [0.29, 0.717) is 47.3 Å². The summed E-state index contributed by atoms with van der Waals surface area (Å²) in [5, 5.41) is 10.5. The Bertz CT molecular complexity index is 1260. The van der Waals surface area contributed by atoms with Gasteiger partial charge in [0.15, 0.2) is 17.3 Å². The topological polar surface area (TPSA) is 94.6 Å². The average molecular weight is 591 g/mol. The molecule has 0 saturated heterocycles. The Morgan fingerprint density at radius 3 is 2.62 bits per heavy atom. The minimum Gasteiger partial charge on any atom is -0.493 e. The predicted octanol–water partition coefficient (Wildman–Crippen LogP) is 5.98. The lowest BCUT2D eigenvalue weighted by Crippen LogP contribution is -2.33. The van der Waals surface area contributed by atoms with Crippen LogP contribution in [0.1, 0.15) is 43.7 Å². The summed E-state index contributed by atoms with van der Waals surface area (Å²) in [5.41, 5.74) is 8.31. The number of nitrogens with two attached hydrogens (primary N) is 1. The first-order chi connectivity index (χ1) is 16.1. The molecule has 0 radical (unpaired) electrons. The number of hydrogen-bond acceptors (Lipinski definition) is 6. The van der Waals surface area contributed by atoms with Crippen molar-refractivity contribution in [2.75, 3.05) is 7.11 Å². The first kappa shape index (κ1) is 24.4. The fourth-order valence-corrected chi connectivity index (χ4v) is 5.31. The molecule has 0 bridgehead atoms. The first-order valence-corrected chi connectivity index (χ1v) is 12.2. The molecule has 1 atom stereocenters. The van der Waals surface area contributed by atoms with Crippen molar-refractivity contribution in [3.05, 3.63) is 78.9 Å². The molecule has 0 spiro atoms. The highest BCUT2D eigenvalue weighted by Gasteiger charge is 2.43. The van der Waals surface area contributed by atoms with Gasteiger partial charge in [-0.2, -0.15) is 5.26 Å². The van der Waals surface area contributed by atoms with Gasteiger partial charge in [0.2, 0.25) is 5.88 Å².